The van der Waals surface area contributed by atoms with Gasteiger partial charge in [0.15, 0.2) is 0 Å². The summed E-state index contributed by atoms with van der Waals surface area (Å²) in [6, 6.07) is 9.47. The van der Waals surface area contributed by atoms with E-state index in [2.05, 4.69) is 0 Å². The molecule has 0 unspecified atom stereocenters. The van der Waals surface area contributed by atoms with Crippen molar-refractivity contribution in [2.24, 2.45) is 5.92 Å². The lowest BCUT2D eigenvalue weighted by atomic mass is 9.90. The van der Waals surface area contributed by atoms with E-state index in [1.165, 1.54) is 12.2 Å². The zero-order valence-corrected chi connectivity index (χ0v) is 8.48. The van der Waals surface area contributed by atoms with Crippen LogP contribution >= 0.6 is 0 Å². The molecule has 0 saturated heterocycles. The molecule has 0 aliphatic heterocycles. The first-order valence-corrected chi connectivity index (χ1v) is 5.05. The molecule has 0 nitrogen and oxygen atoms in total. The van der Waals surface area contributed by atoms with E-state index in [0.717, 1.165) is 5.56 Å². The van der Waals surface area contributed by atoms with E-state index in [9.17, 15) is 13.2 Å². The molecule has 16 heavy (non-hydrogen) atoms. The van der Waals surface area contributed by atoms with Crippen molar-refractivity contribution in [1.82, 2.24) is 0 Å². The van der Waals surface area contributed by atoms with Crippen molar-refractivity contribution >= 4 is 0 Å². The number of benzene rings is 1. The van der Waals surface area contributed by atoms with E-state index in [1.54, 1.807) is 12.2 Å². The Morgan fingerprint density at radius 1 is 0.812 bits per heavy atom. The Kier molecular flexibility index (Phi) is 2.86. The van der Waals surface area contributed by atoms with Crippen molar-refractivity contribution in [2.75, 3.05) is 0 Å². The normalized spacial score (nSPS) is 24.7. The monoisotopic (exact) mass is 224 g/mol. The first-order chi connectivity index (χ1) is 7.57. The maximum atomic E-state index is 12.4. The highest BCUT2D eigenvalue weighted by Crippen LogP contribution is 2.33. The van der Waals surface area contributed by atoms with Gasteiger partial charge < -0.3 is 0 Å². The summed E-state index contributed by atoms with van der Waals surface area (Å²) in [6.45, 7) is 0. The molecule has 0 fully saturated rings. The van der Waals surface area contributed by atoms with E-state index in [4.69, 9.17) is 0 Å². The lowest BCUT2D eigenvalue weighted by Crippen LogP contribution is -2.20. The molecule has 0 radical (unpaired) electrons. The number of rotatable bonds is 1. The molecule has 2 rings (SSSR count). The zero-order valence-electron chi connectivity index (χ0n) is 8.48. The Labute approximate surface area is 92.1 Å². The molecular formula is C13H11F3. The number of hydrogen-bond donors (Lipinski definition) is 0. The second-order valence-electron chi connectivity index (χ2n) is 3.77. The maximum Gasteiger partial charge on any atom is 0.398 e. The van der Waals surface area contributed by atoms with Gasteiger partial charge in [-0.05, 0) is 5.56 Å². The van der Waals surface area contributed by atoms with Gasteiger partial charge in [-0.15, -0.1) is 0 Å². The molecule has 0 aromatic heterocycles. The van der Waals surface area contributed by atoms with Crippen LogP contribution in [0.4, 0.5) is 13.2 Å². The fourth-order valence-electron chi connectivity index (χ4n) is 1.72. The van der Waals surface area contributed by atoms with E-state index >= 15 is 0 Å². The van der Waals surface area contributed by atoms with Gasteiger partial charge in [-0.1, -0.05) is 54.6 Å². The minimum atomic E-state index is -4.17. The van der Waals surface area contributed by atoms with Gasteiger partial charge in [0.25, 0.3) is 0 Å². The predicted octanol–water partition coefficient (Wildman–Crippen LogP) is 4.07. The van der Waals surface area contributed by atoms with Gasteiger partial charge in [-0.3, -0.25) is 0 Å². The molecule has 0 atom stereocenters. The van der Waals surface area contributed by atoms with E-state index in [-0.39, 0.29) is 5.92 Å². The van der Waals surface area contributed by atoms with Gasteiger partial charge in [-0.25, -0.2) is 0 Å². The Hall–Kier alpha value is -1.51. The van der Waals surface area contributed by atoms with Gasteiger partial charge in [0.2, 0.25) is 0 Å². The molecule has 0 bridgehead atoms. The van der Waals surface area contributed by atoms with E-state index in [1.807, 2.05) is 30.3 Å². The molecule has 0 heterocycles. The van der Waals surface area contributed by atoms with Crippen LogP contribution in [-0.4, -0.2) is 6.18 Å². The van der Waals surface area contributed by atoms with Gasteiger partial charge in [-0.2, -0.15) is 13.2 Å². The first-order valence-electron chi connectivity index (χ1n) is 5.05. The summed E-state index contributed by atoms with van der Waals surface area (Å²) in [6.07, 6.45) is 1.48. The average Bonchev–Trinajstić information content (AvgIpc) is 2.29. The van der Waals surface area contributed by atoms with Crippen molar-refractivity contribution in [1.29, 1.82) is 0 Å². The highest BCUT2D eigenvalue weighted by atomic mass is 19.4. The average molecular weight is 224 g/mol. The molecule has 1 aliphatic rings. The summed E-state index contributed by atoms with van der Waals surface area (Å²) in [4.78, 5) is 0. The Balaban J connectivity index is 2.13. The quantitative estimate of drug-likeness (QED) is 0.630. The number of allylic oxidation sites excluding steroid dienone is 4. The van der Waals surface area contributed by atoms with Crippen LogP contribution in [0.25, 0.3) is 0 Å². The lowest BCUT2D eigenvalue weighted by molar-refractivity contribution is -0.149. The second kappa shape index (κ2) is 4.16. The van der Waals surface area contributed by atoms with Crippen LogP contribution in [0.5, 0.6) is 0 Å². The zero-order chi connectivity index (χ0) is 11.6. The van der Waals surface area contributed by atoms with Crippen LogP contribution in [0.1, 0.15) is 11.5 Å². The Morgan fingerprint density at radius 3 is 1.88 bits per heavy atom. The number of hydrogen-bond acceptors (Lipinski definition) is 0. The Morgan fingerprint density at radius 2 is 1.38 bits per heavy atom. The van der Waals surface area contributed by atoms with Crippen molar-refractivity contribution in [3.63, 3.8) is 0 Å². The van der Waals surface area contributed by atoms with Crippen molar-refractivity contribution in [3.8, 4) is 0 Å². The highest BCUT2D eigenvalue weighted by Gasteiger charge is 2.36. The molecule has 0 amide bonds. The summed E-state index contributed by atoms with van der Waals surface area (Å²) in [5.41, 5.74) is 1.01. The molecule has 84 valence electrons. The van der Waals surface area contributed by atoms with Crippen LogP contribution in [0.3, 0.4) is 0 Å². The highest BCUT2D eigenvalue weighted by molar-refractivity contribution is 5.32. The van der Waals surface area contributed by atoms with Gasteiger partial charge in [0.1, 0.15) is 0 Å². The SMILES string of the molecule is FC(F)(F)C1C=CC(c2ccccc2)C=C1. The molecule has 0 N–H and O–H groups in total. The van der Waals surface area contributed by atoms with Crippen molar-refractivity contribution < 1.29 is 13.2 Å². The second-order valence-corrected chi connectivity index (χ2v) is 3.77. The topological polar surface area (TPSA) is 0 Å². The van der Waals surface area contributed by atoms with Crippen LogP contribution in [0, 0.1) is 5.92 Å². The van der Waals surface area contributed by atoms with Crippen LogP contribution < -0.4 is 0 Å². The smallest absolute Gasteiger partial charge is 0.170 e. The van der Waals surface area contributed by atoms with Crippen molar-refractivity contribution in [3.05, 3.63) is 60.2 Å². The lowest BCUT2D eigenvalue weighted by Gasteiger charge is -2.19. The number of alkyl halides is 3. The first kappa shape index (κ1) is 11.0. The number of halogens is 3. The third-order valence-corrected chi connectivity index (χ3v) is 2.61. The van der Waals surface area contributed by atoms with Gasteiger partial charge >= 0.3 is 6.18 Å². The third-order valence-electron chi connectivity index (χ3n) is 2.61. The largest absolute Gasteiger partial charge is 0.398 e. The van der Waals surface area contributed by atoms with Gasteiger partial charge in [0, 0.05) is 5.92 Å². The Bertz CT molecular complexity index is 387. The van der Waals surface area contributed by atoms with Crippen LogP contribution in [0.15, 0.2) is 54.6 Å². The van der Waals surface area contributed by atoms with E-state index < -0.39 is 12.1 Å². The minimum Gasteiger partial charge on any atom is -0.170 e. The fourth-order valence-corrected chi connectivity index (χ4v) is 1.72. The standard InChI is InChI=1S/C13H11F3/c14-13(15,16)12-8-6-11(7-9-12)10-4-2-1-3-5-10/h1-9,11-12H. The summed E-state index contributed by atoms with van der Waals surface area (Å²) in [7, 11) is 0. The summed E-state index contributed by atoms with van der Waals surface area (Å²) >= 11 is 0. The maximum absolute atomic E-state index is 12.4. The molecular weight excluding hydrogens is 213 g/mol. The summed E-state index contributed by atoms with van der Waals surface area (Å²) < 4.78 is 37.1. The van der Waals surface area contributed by atoms with Crippen molar-refractivity contribution in [2.45, 2.75) is 12.1 Å². The molecule has 1 aromatic rings. The van der Waals surface area contributed by atoms with Crippen LogP contribution in [0.2, 0.25) is 0 Å². The molecule has 3 heteroatoms. The summed E-state index contributed by atoms with van der Waals surface area (Å²) in [5, 5.41) is 0. The molecule has 1 aliphatic carbocycles. The fraction of sp³-hybridized carbons (Fsp3) is 0.231. The molecule has 1 aromatic carbocycles. The minimum absolute atomic E-state index is 0.0419. The van der Waals surface area contributed by atoms with E-state index in [0.29, 0.717) is 0 Å². The summed E-state index contributed by atoms with van der Waals surface area (Å²) in [5.74, 6) is -1.48. The van der Waals surface area contributed by atoms with Crippen LogP contribution in [-0.2, 0) is 0 Å². The molecule has 0 spiro atoms. The van der Waals surface area contributed by atoms with Gasteiger partial charge in [0.05, 0.1) is 5.92 Å². The third kappa shape index (κ3) is 2.35. The molecule has 0 saturated carbocycles. The predicted molar refractivity (Wildman–Crippen MR) is 57.0 cm³/mol.